The van der Waals surface area contributed by atoms with Crippen molar-refractivity contribution in [2.75, 3.05) is 19.6 Å². The largest absolute Gasteiger partial charge is 0.490 e. The molecule has 15 nitrogen and oxygen atoms in total. The van der Waals surface area contributed by atoms with Gasteiger partial charge < -0.3 is 25.5 Å². The van der Waals surface area contributed by atoms with E-state index in [4.69, 9.17) is 15.0 Å². The maximum Gasteiger partial charge on any atom is 0.490 e. The van der Waals surface area contributed by atoms with Gasteiger partial charge in [0.1, 0.15) is 0 Å². The lowest BCUT2D eigenvalue weighted by molar-refractivity contribution is -0.192. The zero-order chi connectivity index (χ0) is 30.5. The highest BCUT2D eigenvalue weighted by Gasteiger charge is 2.38. The van der Waals surface area contributed by atoms with Gasteiger partial charge in [0, 0.05) is 37.8 Å². The summed E-state index contributed by atoms with van der Waals surface area (Å²) in [6.07, 6.45) is 0.570. The fourth-order valence-corrected chi connectivity index (χ4v) is 4.32. The molecule has 1 saturated carbocycles. The number of carboxylic acids is 5. The summed E-state index contributed by atoms with van der Waals surface area (Å²) in [6, 6.07) is -0.773. The van der Waals surface area contributed by atoms with Gasteiger partial charge in [0.15, 0.2) is 0 Å². The second kappa shape index (κ2) is 16.3. The van der Waals surface area contributed by atoms with Crippen molar-refractivity contribution in [2.45, 2.75) is 76.3 Å². The van der Waals surface area contributed by atoms with Crippen molar-refractivity contribution in [1.82, 2.24) is 24.8 Å². The average molecular weight is 584 g/mol. The van der Waals surface area contributed by atoms with E-state index in [0.717, 1.165) is 12.8 Å². The molecule has 1 heterocycles. The number of rotatable bonds is 15. The summed E-state index contributed by atoms with van der Waals surface area (Å²) in [5, 5.41) is 51.9. The summed E-state index contributed by atoms with van der Waals surface area (Å²) in [5.41, 5.74) is 0.529. The van der Waals surface area contributed by atoms with Crippen LogP contribution in [0.25, 0.3) is 0 Å². The molecule has 0 spiro atoms. The first-order valence-electron chi connectivity index (χ1n) is 12.1. The maximum absolute atomic E-state index is 11.6. The third-order valence-electron chi connectivity index (χ3n) is 5.87. The highest BCUT2D eigenvalue weighted by Crippen LogP contribution is 2.28. The maximum atomic E-state index is 11.6. The first-order chi connectivity index (χ1) is 18.6. The second-order valence-electron chi connectivity index (χ2n) is 9.04. The van der Waals surface area contributed by atoms with E-state index < -0.39 is 55.2 Å². The van der Waals surface area contributed by atoms with Crippen molar-refractivity contribution >= 4 is 29.8 Å². The summed E-state index contributed by atoms with van der Waals surface area (Å²) in [6.45, 7) is -0.546. The fourth-order valence-electron chi connectivity index (χ4n) is 4.32. The molecule has 1 aliphatic carbocycles. The molecule has 0 aromatic carbocycles. The zero-order valence-corrected chi connectivity index (χ0v) is 21.4. The van der Waals surface area contributed by atoms with Crippen LogP contribution in [0.1, 0.15) is 50.6 Å². The van der Waals surface area contributed by atoms with Crippen LogP contribution in [0.3, 0.4) is 0 Å². The Bertz CT molecular complexity index is 1000. The van der Waals surface area contributed by atoms with Crippen LogP contribution in [0.5, 0.6) is 0 Å². The van der Waals surface area contributed by atoms with Crippen molar-refractivity contribution in [3.05, 3.63) is 11.9 Å². The number of hydrogen-bond donors (Lipinski definition) is 5. The predicted octanol–water partition coefficient (Wildman–Crippen LogP) is 0.835. The molecule has 0 amide bonds. The lowest BCUT2D eigenvalue weighted by Crippen LogP contribution is -2.56. The van der Waals surface area contributed by atoms with Crippen molar-refractivity contribution in [3.63, 3.8) is 0 Å². The van der Waals surface area contributed by atoms with Crippen molar-refractivity contribution < 1.29 is 62.7 Å². The molecule has 0 saturated heterocycles. The van der Waals surface area contributed by atoms with E-state index in [-0.39, 0.29) is 25.6 Å². The minimum Gasteiger partial charge on any atom is -0.481 e. The molecular formula is C22H32F3N5O10. The van der Waals surface area contributed by atoms with Crippen LogP contribution in [0.4, 0.5) is 13.2 Å². The van der Waals surface area contributed by atoms with E-state index in [1.807, 2.05) is 0 Å². The van der Waals surface area contributed by atoms with Gasteiger partial charge in [-0.1, -0.05) is 18.1 Å². The summed E-state index contributed by atoms with van der Waals surface area (Å²) < 4.78 is 33.3. The Morgan fingerprint density at radius 1 is 0.825 bits per heavy atom. The molecule has 226 valence electrons. The third-order valence-corrected chi connectivity index (χ3v) is 5.87. The van der Waals surface area contributed by atoms with Crippen molar-refractivity contribution in [2.24, 2.45) is 0 Å². The number of hydrogen-bond acceptors (Lipinski definition) is 9. The van der Waals surface area contributed by atoms with Crippen LogP contribution >= 0.6 is 0 Å². The van der Waals surface area contributed by atoms with Gasteiger partial charge in [0.2, 0.25) is 0 Å². The van der Waals surface area contributed by atoms with E-state index >= 15 is 0 Å². The van der Waals surface area contributed by atoms with Gasteiger partial charge in [0.05, 0.1) is 25.3 Å². The SMILES string of the molecule is O=C(O)C(F)(F)F.O=C(O)CCCCn1cc(CN(CC(=O)O)C2CCCCC2N(CC(=O)O)CC(=O)O)nn1. The van der Waals surface area contributed by atoms with E-state index in [1.54, 1.807) is 15.8 Å². The van der Waals surface area contributed by atoms with Gasteiger partial charge in [-0.15, -0.1) is 5.10 Å². The van der Waals surface area contributed by atoms with Crippen LogP contribution in [0.2, 0.25) is 0 Å². The normalized spacial score (nSPS) is 17.2. The predicted molar refractivity (Wildman–Crippen MR) is 126 cm³/mol. The third kappa shape index (κ3) is 13.3. The van der Waals surface area contributed by atoms with Crippen LogP contribution in [-0.4, -0.2) is 118 Å². The van der Waals surface area contributed by atoms with Crippen molar-refractivity contribution in [1.29, 1.82) is 0 Å². The molecule has 1 fully saturated rings. The number of alkyl halides is 3. The number of halogens is 3. The van der Waals surface area contributed by atoms with Gasteiger partial charge in [-0.05, 0) is 25.7 Å². The molecule has 40 heavy (non-hydrogen) atoms. The molecule has 2 unspecified atom stereocenters. The van der Waals surface area contributed by atoms with Crippen LogP contribution in [-0.2, 0) is 37.1 Å². The second-order valence-corrected chi connectivity index (χ2v) is 9.04. The molecule has 2 rings (SSSR count). The van der Waals surface area contributed by atoms with Gasteiger partial charge in [-0.25, -0.2) is 4.79 Å². The minimum atomic E-state index is -5.08. The molecule has 18 heteroatoms. The molecule has 1 aromatic heterocycles. The number of nitrogens with zero attached hydrogens (tertiary/aromatic N) is 5. The average Bonchev–Trinajstić information content (AvgIpc) is 3.27. The summed E-state index contributed by atoms with van der Waals surface area (Å²) >= 11 is 0. The fraction of sp³-hybridized carbons (Fsp3) is 0.682. The number of aliphatic carboxylic acids is 5. The van der Waals surface area contributed by atoms with Crippen LogP contribution in [0, 0.1) is 0 Å². The minimum absolute atomic E-state index is 0.0696. The lowest BCUT2D eigenvalue weighted by Gasteiger charge is -2.43. The zero-order valence-electron chi connectivity index (χ0n) is 21.4. The number of unbranched alkanes of at least 4 members (excludes halogenated alkanes) is 1. The summed E-state index contributed by atoms with van der Waals surface area (Å²) in [4.78, 5) is 56.8. The highest BCUT2D eigenvalue weighted by molar-refractivity contribution is 5.73. The Kier molecular flexibility index (Phi) is 14.0. The monoisotopic (exact) mass is 583 g/mol. The van der Waals surface area contributed by atoms with Gasteiger partial charge in [-0.3, -0.25) is 33.7 Å². The molecule has 1 aromatic rings. The summed E-state index contributed by atoms with van der Waals surface area (Å²) in [7, 11) is 0. The van der Waals surface area contributed by atoms with Gasteiger partial charge in [0.25, 0.3) is 0 Å². The first kappa shape index (κ1) is 34.2. The van der Waals surface area contributed by atoms with E-state index in [9.17, 15) is 47.7 Å². The Morgan fingerprint density at radius 2 is 1.30 bits per heavy atom. The number of aryl methyl sites for hydroxylation is 1. The first-order valence-corrected chi connectivity index (χ1v) is 12.1. The number of aromatic nitrogens is 3. The lowest BCUT2D eigenvalue weighted by atomic mass is 9.87. The Hall–Kier alpha value is -3.80. The van der Waals surface area contributed by atoms with E-state index in [0.29, 0.717) is 37.9 Å². The van der Waals surface area contributed by atoms with E-state index in [1.165, 1.54) is 4.90 Å². The molecule has 0 aliphatic heterocycles. The van der Waals surface area contributed by atoms with Gasteiger partial charge in [-0.2, -0.15) is 13.2 Å². The molecule has 5 N–H and O–H groups in total. The molecule has 0 bridgehead atoms. The number of carbonyl (C=O) groups is 5. The molecule has 0 radical (unpaired) electrons. The van der Waals surface area contributed by atoms with E-state index in [2.05, 4.69) is 10.3 Å². The Balaban J connectivity index is 0.00000101. The number of carboxylic acid groups (broad SMARTS) is 5. The smallest absolute Gasteiger partial charge is 0.481 e. The van der Waals surface area contributed by atoms with Crippen LogP contribution < -0.4 is 0 Å². The van der Waals surface area contributed by atoms with Gasteiger partial charge >= 0.3 is 36.0 Å². The Morgan fingerprint density at radius 3 is 1.75 bits per heavy atom. The molecular weight excluding hydrogens is 551 g/mol. The Labute approximate surface area is 225 Å². The van der Waals surface area contributed by atoms with Crippen LogP contribution in [0.15, 0.2) is 6.20 Å². The topological polar surface area (TPSA) is 224 Å². The highest BCUT2D eigenvalue weighted by atomic mass is 19.4. The molecule has 1 aliphatic rings. The summed E-state index contributed by atoms with van der Waals surface area (Å²) in [5.74, 6) is -6.95. The standard InChI is InChI=1S/C20H31N5O8.C2HF3O2/c26-17(27)7-3-4-8-25-10-14(21-22-25)9-23(11-18(28)29)15-5-1-2-6-16(15)24(12-19(30)31)13-20(32)33;3-2(4,5)1(6)7/h10,15-16H,1-9,11-13H2,(H,26,27)(H,28,29)(H,30,31)(H,32,33);(H,6,7). The quantitative estimate of drug-likeness (QED) is 0.180. The van der Waals surface area contributed by atoms with Crippen molar-refractivity contribution in [3.8, 4) is 0 Å². The molecule has 2 atom stereocenters.